The second-order valence-corrected chi connectivity index (χ2v) is 5.53. The third kappa shape index (κ3) is 2.15. The number of hydrogen-bond acceptors (Lipinski definition) is 2. The summed E-state index contributed by atoms with van der Waals surface area (Å²) in [6.45, 7) is 5.14. The van der Waals surface area contributed by atoms with Gasteiger partial charge in [-0.2, -0.15) is 0 Å². The molecular weight excluding hydrogens is 224 g/mol. The fraction of sp³-hybridized carbons (Fsp3) is 0.533. The van der Waals surface area contributed by atoms with Crippen LogP contribution in [0.4, 0.5) is 5.69 Å². The van der Waals surface area contributed by atoms with Gasteiger partial charge in [-0.15, -0.1) is 0 Å². The van der Waals surface area contributed by atoms with E-state index in [0.717, 1.165) is 25.3 Å². The second-order valence-electron chi connectivity index (χ2n) is 5.53. The number of amides is 1. The maximum Gasteiger partial charge on any atom is 0.231 e. The monoisotopic (exact) mass is 244 g/mol. The second kappa shape index (κ2) is 4.73. The van der Waals surface area contributed by atoms with Gasteiger partial charge in [0.05, 0.1) is 6.42 Å². The molecule has 1 atom stereocenters. The predicted molar refractivity (Wildman–Crippen MR) is 72.8 cm³/mol. The third-order valence-corrected chi connectivity index (χ3v) is 4.01. The SMILES string of the molecule is Cc1ccc2c(c1)N(CC1CCCNC1)C(=O)C2. The highest BCUT2D eigenvalue weighted by Crippen LogP contribution is 2.31. The summed E-state index contributed by atoms with van der Waals surface area (Å²) < 4.78 is 0. The Hall–Kier alpha value is -1.35. The molecule has 3 heteroatoms. The summed E-state index contributed by atoms with van der Waals surface area (Å²) >= 11 is 0. The van der Waals surface area contributed by atoms with Gasteiger partial charge in [0.25, 0.3) is 0 Å². The Morgan fingerprint density at radius 3 is 3.11 bits per heavy atom. The number of hydrogen-bond donors (Lipinski definition) is 1. The minimum absolute atomic E-state index is 0.265. The van der Waals surface area contributed by atoms with Crippen LogP contribution in [-0.4, -0.2) is 25.5 Å². The summed E-state index contributed by atoms with van der Waals surface area (Å²) in [6.07, 6.45) is 3.04. The standard InChI is InChI=1S/C15H20N2O/c1-11-4-5-13-8-15(18)17(14(13)7-11)10-12-3-2-6-16-9-12/h4-5,7,12,16H,2-3,6,8-10H2,1H3. The molecule has 0 spiro atoms. The molecule has 1 amide bonds. The van der Waals surface area contributed by atoms with Crippen LogP contribution >= 0.6 is 0 Å². The molecule has 0 bridgehead atoms. The van der Waals surface area contributed by atoms with Crippen molar-refractivity contribution in [2.75, 3.05) is 24.5 Å². The maximum atomic E-state index is 12.1. The Morgan fingerprint density at radius 2 is 2.33 bits per heavy atom. The van der Waals surface area contributed by atoms with Crippen LogP contribution < -0.4 is 10.2 Å². The van der Waals surface area contributed by atoms with Gasteiger partial charge in [0, 0.05) is 12.2 Å². The highest BCUT2D eigenvalue weighted by molar-refractivity contribution is 6.01. The lowest BCUT2D eigenvalue weighted by molar-refractivity contribution is -0.117. The van der Waals surface area contributed by atoms with E-state index in [2.05, 4.69) is 30.4 Å². The van der Waals surface area contributed by atoms with Gasteiger partial charge in [-0.3, -0.25) is 4.79 Å². The first-order valence-electron chi connectivity index (χ1n) is 6.84. The topological polar surface area (TPSA) is 32.3 Å². The van der Waals surface area contributed by atoms with E-state index in [1.54, 1.807) is 0 Å². The van der Waals surface area contributed by atoms with Crippen LogP contribution in [0, 0.1) is 12.8 Å². The summed E-state index contributed by atoms with van der Waals surface area (Å²) in [7, 11) is 0. The third-order valence-electron chi connectivity index (χ3n) is 4.01. The summed E-state index contributed by atoms with van der Waals surface area (Å²) in [5.74, 6) is 0.871. The number of piperidine rings is 1. The van der Waals surface area contributed by atoms with Crippen LogP contribution in [0.25, 0.3) is 0 Å². The number of rotatable bonds is 2. The number of nitrogens with one attached hydrogen (secondary N) is 1. The van der Waals surface area contributed by atoms with E-state index in [4.69, 9.17) is 0 Å². The van der Waals surface area contributed by atoms with Crippen molar-refractivity contribution in [2.45, 2.75) is 26.2 Å². The maximum absolute atomic E-state index is 12.1. The van der Waals surface area contributed by atoms with Gasteiger partial charge in [0.1, 0.15) is 0 Å². The normalized spacial score (nSPS) is 23.3. The van der Waals surface area contributed by atoms with Crippen LogP contribution in [-0.2, 0) is 11.2 Å². The smallest absolute Gasteiger partial charge is 0.231 e. The van der Waals surface area contributed by atoms with Gasteiger partial charge < -0.3 is 10.2 Å². The van der Waals surface area contributed by atoms with Gasteiger partial charge in [0.15, 0.2) is 0 Å². The highest BCUT2D eigenvalue weighted by atomic mass is 16.2. The molecule has 0 aliphatic carbocycles. The number of benzene rings is 1. The van der Waals surface area contributed by atoms with E-state index in [0.29, 0.717) is 12.3 Å². The number of nitrogens with zero attached hydrogens (tertiary/aromatic N) is 1. The number of aryl methyl sites for hydroxylation is 1. The lowest BCUT2D eigenvalue weighted by atomic mass is 9.99. The van der Waals surface area contributed by atoms with Gasteiger partial charge in [-0.05, 0) is 56.0 Å². The van der Waals surface area contributed by atoms with Crippen LogP contribution in [0.5, 0.6) is 0 Å². The fourth-order valence-electron chi connectivity index (χ4n) is 3.01. The molecule has 1 aromatic carbocycles. The van der Waals surface area contributed by atoms with Crippen molar-refractivity contribution in [2.24, 2.45) is 5.92 Å². The molecule has 3 nitrogen and oxygen atoms in total. The number of carbonyl (C=O) groups excluding carboxylic acids is 1. The molecule has 2 aliphatic heterocycles. The zero-order valence-electron chi connectivity index (χ0n) is 10.9. The molecular formula is C15H20N2O. The van der Waals surface area contributed by atoms with Crippen LogP contribution in [0.3, 0.4) is 0 Å². The minimum atomic E-state index is 0.265. The van der Waals surface area contributed by atoms with E-state index >= 15 is 0 Å². The van der Waals surface area contributed by atoms with Crippen molar-refractivity contribution in [3.8, 4) is 0 Å². The Balaban J connectivity index is 1.80. The van der Waals surface area contributed by atoms with Crippen molar-refractivity contribution >= 4 is 11.6 Å². The van der Waals surface area contributed by atoms with Crippen molar-refractivity contribution in [3.05, 3.63) is 29.3 Å². The first-order chi connectivity index (χ1) is 8.74. The Labute approximate surface area is 108 Å². The van der Waals surface area contributed by atoms with Gasteiger partial charge in [0.2, 0.25) is 5.91 Å². The number of fused-ring (bicyclic) bond motifs is 1. The molecule has 0 aromatic heterocycles. The summed E-state index contributed by atoms with van der Waals surface area (Å²) in [6, 6.07) is 6.34. The van der Waals surface area contributed by atoms with Crippen LogP contribution in [0.15, 0.2) is 18.2 Å². The van der Waals surface area contributed by atoms with Gasteiger partial charge in [-0.25, -0.2) is 0 Å². The van der Waals surface area contributed by atoms with Gasteiger partial charge in [-0.1, -0.05) is 12.1 Å². The van der Waals surface area contributed by atoms with Crippen molar-refractivity contribution in [1.82, 2.24) is 5.32 Å². The number of anilines is 1. The van der Waals surface area contributed by atoms with Crippen molar-refractivity contribution in [3.63, 3.8) is 0 Å². The number of carbonyl (C=O) groups is 1. The van der Waals surface area contributed by atoms with Gasteiger partial charge >= 0.3 is 0 Å². The lowest BCUT2D eigenvalue weighted by Crippen LogP contribution is -2.39. The fourth-order valence-corrected chi connectivity index (χ4v) is 3.01. The predicted octanol–water partition coefficient (Wildman–Crippen LogP) is 1.88. The first-order valence-corrected chi connectivity index (χ1v) is 6.84. The highest BCUT2D eigenvalue weighted by Gasteiger charge is 2.29. The van der Waals surface area contributed by atoms with E-state index in [1.165, 1.54) is 24.0 Å². The minimum Gasteiger partial charge on any atom is -0.316 e. The quantitative estimate of drug-likeness (QED) is 0.861. The Kier molecular flexibility index (Phi) is 3.08. The van der Waals surface area contributed by atoms with E-state index in [9.17, 15) is 4.79 Å². The molecule has 1 fully saturated rings. The zero-order chi connectivity index (χ0) is 12.5. The van der Waals surface area contributed by atoms with Crippen LogP contribution in [0.1, 0.15) is 24.0 Å². The molecule has 0 saturated carbocycles. The molecule has 1 aromatic rings. The lowest BCUT2D eigenvalue weighted by Gasteiger charge is -2.28. The Morgan fingerprint density at radius 1 is 1.44 bits per heavy atom. The first kappa shape index (κ1) is 11.7. The average Bonchev–Trinajstić information content (AvgIpc) is 2.67. The molecule has 96 valence electrons. The largest absolute Gasteiger partial charge is 0.316 e. The molecule has 1 N–H and O–H groups in total. The van der Waals surface area contributed by atoms with Crippen LogP contribution in [0.2, 0.25) is 0 Å². The molecule has 1 unspecified atom stereocenters. The van der Waals surface area contributed by atoms with E-state index in [1.807, 2.05) is 4.90 Å². The molecule has 3 rings (SSSR count). The molecule has 2 aliphatic rings. The molecule has 2 heterocycles. The molecule has 1 saturated heterocycles. The van der Waals surface area contributed by atoms with Crippen molar-refractivity contribution < 1.29 is 4.79 Å². The molecule has 18 heavy (non-hydrogen) atoms. The van der Waals surface area contributed by atoms with E-state index in [-0.39, 0.29) is 5.91 Å². The average molecular weight is 244 g/mol. The Bertz CT molecular complexity index is 464. The zero-order valence-corrected chi connectivity index (χ0v) is 10.9. The summed E-state index contributed by atoms with van der Waals surface area (Å²) in [4.78, 5) is 14.1. The summed E-state index contributed by atoms with van der Waals surface area (Å²) in [5, 5.41) is 3.42. The van der Waals surface area contributed by atoms with Crippen molar-refractivity contribution in [1.29, 1.82) is 0 Å². The summed E-state index contributed by atoms with van der Waals surface area (Å²) in [5.41, 5.74) is 3.56. The molecule has 0 radical (unpaired) electrons. The van der Waals surface area contributed by atoms with E-state index < -0.39 is 0 Å².